The van der Waals surface area contributed by atoms with Gasteiger partial charge in [0.1, 0.15) is 0 Å². The van der Waals surface area contributed by atoms with Gasteiger partial charge in [-0.3, -0.25) is 0 Å². The molecule has 4 aromatic carbocycles. The van der Waals surface area contributed by atoms with E-state index in [2.05, 4.69) is 108 Å². The summed E-state index contributed by atoms with van der Waals surface area (Å²) < 4.78 is 0. The van der Waals surface area contributed by atoms with Crippen molar-refractivity contribution in [1.29, 1.82) is 0 Å². The fraction of sp³-hybridized carbons (Fsp3) is 0. The highest BCUT2D eigenvalue weighted by molar-refractivity contribution is 6.80. The molecule has 2 N–H and O–H groups in total. The van der Waals surface area contributed by atoms with Crippen LogP contribution in [-0.2, 0) is 0 Å². The van der Waals surface area contributed by atoms with Crippen molar-refractivity contribution in [1.82, 2.24) is 0 Å². The summed E-state index contributed by atoms with van der Waals surface area (Å²) in [6.45, 7) is 0.0673. The molecule has 0 radical (unpaired) electrons. The normalized spacial score (nSPS) is 12.8. The lowest BCUT2D eigenvalue weighted by Crippen LogP contribution is -2.47. The van der Waals surface area contributed by atoms with Crippen LogP contribution in [0, 0.1) is 0 Å². The molecule has 3 heteroatoms. The van der Waals surface area contributed by atoms with Crippen molar-refractivity contribution in [3.63, 3.8) is 0 Å². The van der Waals surface area contributed by atoms with Gasteiger partial charge in [-0.05, 0) is 34.1 Å². The largest absolute Gasteiger partial charge is 0.406 e. The van der Waals surface area contributed by atoms with E-state index in [0.29, 0.717) is 0 Å². The van der Waals surface area contributed by atoms with E-state index in [9.17, 15) is 0 Å². The van der Waals surface area contributed by atoms with Crippen molar-refractivity contribution in [3.8, 4) is 0 Å². The summed E-state index contributed by atoms with van der Waals surface area (Å²) in [5.74, 6) is 0. The average molecular weight is 346 g/mol. The Morgan fingerprint density at radius 2 is 1.15 bits per heavy atom. The second kappa shape index (κ2) is 6.69. The SMILES string of the molecule is C(=C\c1ccc(B2Nc3cccc4cccc(c34)N2)cc1)/c1ccccc1. The highest BCUT2D eigenvalue weighted by Crippen LogP contribution is 2.33. The molecule has 0 amide bonds. The van der Waals surface area contributed by atoms with Gasteiger partial charge in [-0.15, -0.1) is 0 Å². The summed E-state index contributed by atoms with van der Waals surface area (Å²) in [7, 11) is 0. The Morgan fingerprint density at radius 3 is 1.78 bits per heavy atom. The van der Waals surface area contributed by atoms with Crippen LogP contribution in [0.5, 0.6) is 0 Å². The predicted molar refractivity (Wildman–Crippen MR) is 118 cm³/mol. The Balaban J connectivity index is 1.39. The zero-order valence-corrected chi connectivity index (χ0v) is 14.9. The first-order chi connectivity index (χ1) is 13.4. The Hall–Kier alpha value is -3.46. The minimum Gasteiger partial charge on any atom is -0.405 e. The fourth-order valence-corrected chi connectivity index (χ4v) is 3.65. The van der Waals surface area contributed by atoms with Gasteiger partial charge in [0.05, 0.1) is 0 Å². The van der Waals surface area contributed by atoms with Crippen LogP contribution >= 0.6 is 0 Å². The molecule has 1 aliphatic heterocycles. The average Bonchev–Trinajstić information content (AvgIpc) is 2.74. The standard InChI is InChI=1S/C24H19BN2/c1-2-6-18(7-3-1)12-13-19-14-16-21(17-15-19)25-26-22-10-4-8-20-9-5-11-23(27-25)24(20)22/h1-17,26-27H/b13-12+. The van der Waals surface area contributed by atoms with Gasteiger partial charge in [-0.25, -0.2) is 0 Å². The number of benzene rings is 4. The summed E-state index contributed by atoms with van der Waals surface area (Å²) in [6.07, 6.45) is 4.29. The van der Waals surface area contributed by atoms with Crippen LogP contribution < -0.4 is 15.9 Å². The summed E-state index contributed by atoms with van der Waals surface area (Å²) in [5, 5.41) is 9.77. The molecule has 0 fully saturated rings. The summed E-state index contributed by atoms with van der Waals surface area (Å²) in [5.41, 5.74) is 5.99. The molecule has 0 aromatic heterocycles. The molecule has 128 valence electrons. The zero-order chi connectivity index (χ0) is 18.1. The highest BCUT2D eigenvalue weighted by atomic mass is 15.0. The monoisotopic (exact) mass is 346 g/mol. The van der Waals surface area contributed by atoms with Crippen LogP contribution in [0.3, 0.4) is 0 Å². The fourth-order valence-electron chi connectivity index (χ4n) is 3.65. The minimum absolute atomic E-state index is 0.0673. The van der Waals surface area contributed by atoms with Crippen molar-refractivity contribution >= 4 is 46.7 Å². The molecular weight excluding hydrogens is 327 g/mol. The van der Waals surface area contributed by atoms with Gasteiger partial charge in [0, 0.05) is 16.8 Å². The Morgan fingerprint density at radius 1 is 0.556 bits per heavy atom. The van der Waals surface area contributed by atoms with Crippen molar-refractivity contribution in [2.75, 3.05) is 10.5 Å². The number of anilines is 2. The van der Waals surface area contributed by atoms with Crippen LogP contribution in [-0.4, -0.2) is 6.98 Å². The number of nitrogens with one attached hydrogen (secondary N) is 2. The van der Waals surface area contributed by atoms with E-state index < -0.39 is 0 Å². The van der Waals surface area contributed by atoms with Gasteiger partial charge in [0.15, 0.2) is 0 Å². The number of hydrogen-bond donors (Lipinski definition) is 2. The lowest BCUT2D eigenvalue weighted by atomic mass is 9.66. The first-order valence-electron chi connectivity index (χ1n) is 9.25. The maximum absolute atomic E-state index is 3.63. The maximum atomic E-state index is 3.63. The molecular formula is C24H19BN2. The van der Waals surface area contributed by atoms with E-state index in [-0.39, 0.29) is 6.98 Å². The van der Waals surface area contributed by atoms with E-state index in [1.165, 1.54) is 38.7 Å². The molecule has 27 heavy (non-hydrogen) atoms. The molecule has 5 rings (SSSR count). The number of rotatable bonds is 3. The van der Waals surface area contributed by atoms with Gasteiger partial charge in [-0.2, -0.15) is 0 Å². The molecule has 0 saturated carbocycles. The third-order valence-corrected chi connectivity index (χ3v) is 5.04. The van der Waals surface area contributed by atoms with Crippen molar-refractivity contribution in [3.05, 3.63) is 102 Å². The van der Waals surface area contributed by atoms with Crippen LogP contribution in [0.4, 0.5) is 11.4 Å². The molecule has 1 aliphatic rings. The maximum Gasteiger partial charge on any atom is 0.406 e. The van der Waals surface area contributed by atoms with Gasteiger partial charge < -0.3 is 10.5 Å². The first kappa shape index (κ1) is 15.8. The van der Waals surface area contributed by atoms with Crippen molar-refractivity contribution in [2.45, 2.75) is 0 Å². The van der Waals surface area contributed by atoms with Crippen molar-refractivity contribution < 1.29 is 0 Å². The van der Waals surface area contributed by atoms with Crippen LogP contribution in [0.1, 0.15) is 11.1 Å². The minimum atomic E-state index is 0.0673. The quantitative estimate of drug-likeness (QED) is 0.391. The molecule has 0 saturated heterocycles. The molecule has 0 bridgehead atoms. The third kappa shape index (κ3) is 3.08. The Bertz CT molecular complexity index is 1080. The van der Waals surface area contributed by atoms with E-state index in [4.69, 9.17) is 0 Å². The molecule has 1 heterocycles. The van der Waals surface area contributed by atoms with Gasteiger partial charge in [0.2, 0.25) is 0 Å². The summed E-state index contributed by atoms with van der Waals surface area (Å²) in [6, 6.07) is 31.9. The van der Waals surface area contributed by atoms with Crippen molar-refractivity contribution in [2.24, 2.45) is 0 Å². The number of hydrogen-bond acceptors (Lipinski definition) is 2. The van der Waals surface area contributed by atoms with E-state index in [0.717, 1.165) is 0 Å². The second-order valence-electron chi connectivity index (χ2n) is 6.84. The molecule has 4 aromatic rings. The van der Waals surface area contributed by atoms with Gasteiger partial charge in [-0.1, -0.05) is 91.0 Å². The lowest BCUT2D eigenvalue weighted by Gasteiger charge is -2.26. The molecule has 0 atom stereocenters. The Kier molecular flexibility index (Phi) is 3.91. The van der Waals surface area contributed by atoms with Crippen LogP contribution in [0.2, 0.25) is 0 Å². The van der Waals surface area contributed by atoms with E-state index >= 15 is 0 Å². The summed E-state index contributed by atoms with van der Waals surface area (Å²) >= 11 is 0. The molecule has 0 spiro atoms. The van der Waals surface area contributed by atoms with Gasteiger partial charge in [0.25, 0.3) is 0 Å². The van der Waals surface area contributed by atoms with Crippen LogP contribution in [0.15, 0.2) is 91.0 Å². The summed E-state index contributed by atoms with van der Waals surface area (Å²) in [4.78, 5) is 0. The third-order valence-electron chi connectivity index (χ3n) is 5.04. The molecule has 2 nitrogen and oxygen atoms in total. The first-order valence-corrected chi connectivity index (χ1v) is 9.25. The van der Waals surface area contributed by atoms with Crippen LogP contribution in [0.25, 0.3) is 22.9 Å². The molecule has 0 aliphatic carbocycles. The second-order valence-corrected chi connectivity index (χ2v) is 6.84. The lowest BCUT2D eigenvalue weighted by molar-refractivity contribution is 1.59. The Labute approximate surface area is 159 Å². The highest BCUT2D eigenvalue weighted by Gasteiger charge is 2.24. The molecule has 0 unspecified atom stereocenters. The van der Waals surface area contributed by atoms with E-state index in [1.54, 1.807) is 0 Å². The van der Waals surface area contributed by atoms with E-state index in [1.807, 2.05) is 6.07 Å². The topological polar surface area (TPSA) is 24.1 Å². The zero-order valence-electron chi connectivity index (χ0n) is 14.9. The van der Waals surface area contributed by atoms with Gasteiger partial charge >= 0.3 is 6.98 Å². The smallest absolute Gasteiger partial charge is 0.405 e. The predicted octanol–water partition coefficient (Wildman–Crippen LogP) is 5.24.